The summed E-state index contributed by atoms with van der Waals surface area (Å²) >= 11 is 0. The van der Waals surface area contributed by atoms with Crippen molar-refractivity contribution in [1.29, 1.82) is 0 Å². The Labute approximate surface area is 122 Å². The summed E-state index contributed by atoms with van der Waals surface area (Å²) in [4.78, 5) is 54.6. The van der Waals surface area contributed by atoms with Gasteiger partial charge >= 0.3 is 12.0 Å². The van der Waals surface area contributed by atoms with Crippen LogP contribution in [-0.2, 0) is 19.2 Å². The van der Waals surface area contributed by atoms with Crippen molar-refractivity contribution >= 4 is 30.4 Å². The van der Waals surface area contributed by atoms with Crippen molar-refractivity contribution in [2.45, 2.75) is 51.1 Å². The van der Waals surface area contributed by atoms with Gasteiger partial charge in [-0.3, -0.25) is 4.79 Å². The van der Waals surface area contributed by atoms with Crippen molar-refractivity contribution in [2.75, 3.05) is 0 Å². The first-order chi connectivity index (χ1) is 9.94. The van der Waals surface area contributed by atoms with Crippen molar-refractivity contribution in [3.63, 3.8) is 0 Å². The van der Waals surface area contributed by atoms with Crippen molar-refractivity contribution in [3.05, 3.63) is 0 Å². The SMILES string of the molecule is CCC(=O)CCC(NC(=O)N[C@H](C=O)CCC=O)C(=O)O. The molecule has 0 fully saturated rings. The zero-order chi connectivity index (χ0) is 16.3. The van der Waals surface area contributed by atoms with Crippen LogP contribution in [0.2, 0.25) is 0 Å². The van der Waals surface area contributed by atoms with Gasteiger partial charge in [0.25, 0.3) is 0 Å². The van der Waals surface area contributed by atoms with E-state index >= 15 is 0 Å². The molecule has 0 aliphatic rings. The first kappa shape index (κ1) is 18.8. The molecule has 0 spiro atoms. The van der Waals surface area contributed by atoms with E-state index in [4.69, 9.17) is 5.11 Å². The molecular weight excluding hydrogens is 280 g/mol. The average molecular weight is 300 g/mol. The topological polar surface area (TPSA) is 130 Å². The normalized spacial score (nSPS) is 12.8. The van der Waals surface area contributed by atoms with E-state index in [-0.39, 0.29) is 31.5 Å². The summed E-state index contributed by atoms with van der Waals surface area (Å²) in [5.74, 6) is -1.36. The molecule has 1 unspecified atom stereocenters. The second kappa shape index (κ2) is 10.5. The summed E-state index contributed by atoms with van der Waals surface area (Å²) in [6, 6.07) is -2.89. The summed E-state index contributed by atoms with van der Waals surface area (Å²) in [6.07, 6.45) is 1.68. The number of aldehydes is 2. The Morgan fingerprint density at radius 3 is 2.29 bits per heavy atom. The van der Waals surface area contributed by atoms with Gasteiger partial charge in [0.05, 0.1) is 6.04 Å². The lowest BCUT2D eigenvalue weighted by atomic mass is 10.1. The molecule has 21 heavy (non-hydrogen) atoms. The third kappa shape index (κ3) is 8.51. The van der Waals surface area contributed by atoms with Crippen LogP contribution in [0.4, 0.5) is 4.79 Å². The fraction of sp³-hybridized carbons (Fsp3) is 0.615. The predicted molar refractivity (Wildman–Crippen MR) is 72.8 cm³/mol. The number of urea groups is 1. The Morgan fingerprint density at radius 1 is 1.14 bits per heavy atom. The minimum Gasteiger partial charge on any atom is -0.480 e. The summed E-state index contributed by atoms with van der Waals surface area (Å²) in [5, 5.41) is 13.4. The van der Waals surface area contributed by atoms with Crippen LogP contribution in [-0.4, -0.2) is 47.5 Å². The quantitative estimate of drug-likeness (QED) is 0.462. The van der Waals surface area contributed by atoms with Crippen LogP contribution in [0.15, 0.2) is 0 Å². The molecule has 0 aromatic carbocycles. The van der Waals surface area contributed by atoms with Crippen LogP contribution < -0.4 is 10.6 Å². The highest BCUT2D eigenvalue weighted by atomic mass is 16.4. The second-order valence-corrected chi connectivity index (χ2v) is 4.43. The van der Waals surface area contributed by atoms with Gasteiger partial charge in [0.2, 0.25) is 0 Å². The lowest BCUT2D eigenvalue weighted by molar-refractivity contribution is -0.139. The lowest BCUT2D eigenvalue weighted by Crippen LogP contribution is -2.49. The first-order valence-corrected chi connectivity index (χ1v) is 6.65. The molecule has 0 saturated heterocycles. The van der Waals surface area contributed by atoms with Gasteiger partial charge in [0.15, 0.2) is 0 Å². The van der Waals surface area contributed by atoms with E-state index in [9.17, 15) is 24.0 Å². The van der Waals surface area contributed by atoms with E-state index in [0.29, 0.717) is 19.0 Å². The molecule has 2 amide bonds. The number of amides is 2. The number of aliphatic carboxylic acids is 1. The Balaban J connectivity index is 4.39. The zero-order valence-corrected chi connectivity index (χ0v) is 11.8. The van der Waals surface area contributed by atoms with Crippen LogP contribution in [0.25, 0.3) is 0 Å². The maximum absolute atomic E-state index is 11.6. The Hall–Kier alpha value is -2.25. The number of hydrogen-bond donors (Lipinski definition) is 3. The summed E-state index contributed by atoms with van der Waals surface area (Å²) in [6.45, 7) is 1.67. The fourth-order valence-electron chi connectivity index (χ4n) is 1.53. The molecule has 3 N–H and O–H groups in total. The molecule has 8 nitrogen and oxygen atoms in total. The van der Waals surface area contributed by atoms with Gasteiger partial charge in [0, 0.05) is 19.3 Å². The standard InChI is InChI=1S/C13H20N2O6/c1-2-10(18)5-6-11(12(19)20)15-13(21)14-9(8-17)4-3-7-16/h7-9,11H,2-6H2,1H3,(H,19,20)(H2,14,15,21)/t9-,11?/m0/s1. The number of carboxylic acids is 1. The van der Waals surface area contributed by atoms with Crippen LogP contribution in [0.5, 0.6) is 0 Å². The molecule has 0 aliphatic heterocycles. The van der Waals surface area contributed by atoms with E-state index in [2.05, 4.69) is 10.6 Å². The fourth-order valence-corrected chi connectivity index (χ4v) is 1.53. The largest absolute Gasteiger partial charge is 0.480 e. The first-order valence-electron chi connectivity index (χ1n) is 6.65. The number of carbonyl (C=O) groups is 5. The molecule has 0 aliphatic carbocycles. The molecule has 0 aromatic rings. The zero-order valence-electron chi connectivity index (χ0n) is 11.8. The molecule has 0 bridgehead atoms. The lowest BCUT2D eigenvalue weighted by Gasteiger charge is -2.17. The van der Waals surface area contributed by atoms with Gasteiger partial charge < -0.3 is 25.3 Å². The monoisotopic (exact) mass is 300 g/mol. The molecule has 118 valence electrons. The predicted octanol–water partition coefficient (Wildman–Crippen LogP) is 0.0447. The smallest absolute Gasteiger partial charge is 0.326 e. The van der Waals surface area contributed by atoms with Crippen LogP contribution in [0.3, 0.4) is 0 Å². The third-order valence-electron chi connectivity index (χ3n) is 2.79. The van der Waals surface area contributed by atoms with E-state index in [1.807, 2.05) is 0 Å². The van der Waals surface area contributed by atoms with E-state index in [1.54, 1.807) is 6.92 Å². The molecule has 0 saturated carbocycles. The maximum atomic E-state index is 11.6. The molecular formula is C13H20N2O6. The summed E-state index contributed by atoms with van der Waals surface area (Å²) < 4.78 is 0. The van der Waals surface area contributed by atoms with E-state index in [0.717, 1.165) is 0 Å². The van der Waals surface area contributed by atoms with Gasteiger partial charge in [0.1, 0.15) is 24.4 Å². The van der Waals surface area contributed by atoms with E-state index in [1.165, 1.54) is 0 Å². The summed E-state index contributed by atoms with van der Waals surface area (Å²) in [7, 11) is 0. The highest BCUT2D eigenvalue weighted by Crippen LogP contribution is 2.01. The molecule has 2 atom stereocenters. The molecule has 0 radical (unpaired) electrons. The number of rotatable bonds is 11. The number of carboxylic acid groups (broad SMARTS) is 1. The molecule has 0 heterocycles. The van der Waals surface area contributed by atoms with E-state index < -0.39 is 24.1 Å². The Bertz CT molecular complexity index is 396. The minimum atomic E-state index is -1.26. The Morgan fingerprint density at radius 2 is 1.81 bits per heavy atom. The number of nitrogens with one attached hydrogen (secondary N) is 2. The maximum Gasteiger partial charge on any atom is 0.326 e. The van der Waals surface area contributed by atoms with Crippen LogP contribution >= 0.6 is 0 Å². The van der Waals surface area contributed by atoms with Gasteiger partial charge in [-0.2, -0.15) is 0 Å². The molecule has 0 rings (SSSR count). The number of hydrogen-bond acceptors (Lipinski definition) is 5. The van der Waals surface area contributed by atoms with Crippen molar-refractivity contribution in [3.8, 4) is 0 Å². The average Bonchev–Trinajstić information content (AvgIpc) is 2.46. The molecule has 8 heteroatoms. The van der Waals surface area contributed by atoms with Crippen molar-refractivity contribution in [2.24, 2.45) is 0 Å². The molecule has 0 aromatic heterocycles. The summed E-state index contributed by atoms with van der Waals surface area (Å²) in [5.41, 5.74) is 0. The Kier molecular flexibility index (Phi) is 9.40. The highest BCUT2D eigenvalue weighted by molar-refractivity contribution is 5.85. The third-order valence-corrected chi connectivity index (χ3v) is 2.79. The van der Waals surface area contributed by atoms with Crippen LogP contribution in [0.1, 0.15) is 39.0 Å². The second-order valence-electron chi connectivity index (χ2n) is 4.43. The number of carbonyl (C=O) groups excluding carboxylic acids is 4. The van der Waals surface area contributed by atoms with Gasteiger partial charge in [-0.1, -0.05) is 6.92 Å². The van der Waals surface area contributed by atoms with Gasteiger partial charge in [-0.15, -0.1) is 0 Å². The van der Waals surface area contributed by atoms with Crippen molar-refractivity contribution < 1.29 is 29.1 Å². The van der Waals surface area contributed by atoms with Crippen LogP contribution in [0, 0.1) is 0 Å². The minimum absolute atomic E-state index is 0.0183. The van der Waals surface area contributed by atoms with Gasteiger partial charge in [-0.25, -0.2) is 9.59 Å². The number of Topliss-reactive ketones (excluding diaryl/α,β-unsaturated/α-hetero) is 1. The van der Waals surface area contributed by atoms with Gasteiger partial charge in [-0.05, 0) is 12.8 Å². The highest BCUT2D eigenvalue weighted by Gasteiger charge is 2.21. The van der Waals surface area contributed by atoms with Crippen molar-refractivity contribution in [1.82, 2.24) is 10.6 Å². The number of ketones is 1.